The van der Waals surface area contributed by atoms with Crippen LogP contribution >= 0.6 is 0 Å². The van der Waals surface area contributed by atoms with Crippen LogP contribution in [-0.4, -0.2) is 33.7 Å². The summed E-state index contributed by atoms with van der Waals surface area (Å²) in [6.45, 7) is 4.90. The summed E-state index contributed by atoms with van der Waals surface area (Å²) in [5.41, 5.74) is 8.95. The highest BCUT2D eigenvalue weighted by molar-refractivity contribution is 5.76. The van der Waals surface area contributed by atoms with Crippen LogP contribution in [0.5, 0.6) is 0 Å². The fraction of sp³-hybridized carbons (Fsp3) is 0.474. The van der Waals surface area contributed by atoms with Crippen LogP contribution in [-0.2, 0) is 18.4 Å². The number of aryl methyl sites for hydroxylation is 1. The molecule has 2 aromatic rings. The fourth-order valence-electron chi connectivity index (χ4n) is 3.53. The molecular formula is C19H27N5O. The minimum atomic E-state index is -0.157. The maximum absolute atomic E-state index is 11.3. The van der Waals surface area contributed by atoms with E-state index in [1.54, 1.807) is 0 Å². The summed E-state index contributed by atoms with van der Waals surface area (Å²) in [4.78, 5) is 13.7. The maximum Gasteiger partial charge on any atom is 0.220 e. The number of amides is 1. The SMILES string of the molecule is CC(Nc1cccc(CN2CCC(C(N)=O)CC2)c1)c1ccnn1C. The number of anilines is 1. The van der Waals surface area contributed by atoms with E-state index in [0.29, 0.717) is 0 Å². The van der Waals surface area contributed by atoms with Crippen molar-refractivity contribution in [1.29, 1.82) is 0 Å². The van der Waals surface area contributed by atoms with Crippen LogP contribution in [0.25, 0.3) is 0 Å². The van der Waals surface area contributed by atoms with Crippen molar-refractivity contribution in [3.8, 4) is 0 Å². The molecule has 1 aliphatic heterocycles. The van der Waals surface area contributed by atoms with Crippen molar-refractivity contribution in [1.82, 2.24) is 14.7 Å². The number of carbonyl (C=O) groups is 1. The molecule has 3 N–H and O–H groups in total. The monoisotopic (exact) mass is 341 g/mol. The van der Waals surface area contributed by atoms with Crippen LogP contribution in [0, 0.1) is 5.92 Å². The summed E-state index contributed by atoms with van der Waals surface area (Å²) in [5, 5.41) is 7.77. The van der Waals surface area contributed by atoms with Crippen LogP contribution in [0.2, 0.25) is 0 Å². The van der Waals surface area contributed by atoms with Gasteiger partial charge >= 0.3 is 0 Å². The average Bonchev–Trinajstić information content (AvgIpc) is 3.02. The van der Waals surface area contributed by atoms with Gasteiger partial charge < -0.3 is 11.1 Å². The first-order chi connectivity index (χ1) is 12.0. The summed E-state index contributed by atoms with van der Waals surface area (Å²) in [6.07, 6.45) is 3.55. The number of hydrogen-bond donors (Lipinski definition) is 2. The largest absolute Gasteiger partial charge is 0.377 e. The van der Waals surface area contributed by atoms with Crippen molar-refractivity contribution in [2.24, 2.45) is 18.7 Å². The molecule has 0 aliphatic carbocycles. The van der Waals surface area contributed by atoms with Gasteiger partial charge in [0.2, 0.25) is 5.91 Å². The molecule has 1 unspecified atom stereocenters. The van der Waals surface area contributed by atoms with Crippen LogP contribution in [0.1, 0.15) is 37.1 Å². The fourth-order valence-corrected chi connectivity index (χ4v) is 3.53. The maximum atomic E-state index is 11.3. The van der Waals surface area contributed by atoms with E-state index in [1.807, 2.05) is 24.0 Å². The second-order valence-electron chi connectivity index (χ2n) is 6.90. The summed E-state index contributed by atoms with van der Waals surface area (Å²) >= 11 is 0. The highest BCUT2D eigenvalue weighted by atomic mass is 16.1. The molecule has 3 rings (SSSR count). The Balaban J connectivity index is 1.58. The predicted octanol–water partition coefficient (Wildman–Crippen LogP) is 2.29. The highest BCUT2D eigenvalue weighted by Crippen LogP contribution is 2.22. The van der Waals surface area contributed by atoms with Crippen LogP contribution in [0.4, 0.5) is 5.69 Å². The van der Waals surface area contributed by atoms with Gasteiger partial charge in [0.05, 0.1) is 11.7 Å². The van der Waals surface area contributed by atoms with Gasteiger partial charge in [-0.3, -0.25) is 14.4 Å². The molecule has 1 amide bonds. The van der Waals surface area contributed by atoms with E-state index >= 15 is 0 Å². The van der Waals surface area contributed by atoms with E-state index < -0.39 is 0 Å². The number of nitrogens with zero attached hydrogens (tertiary/aromatic N) is 3. The molecule has 2 heterocycles. The van der Waals surface area contributed by atoms with E-state index in [4.69, 9.17) is 5.73 Å². The lowest BCUT2D eigenvalue weighted by Gasteiger charge is -2.30. The zero-order chi connectivity index (χ0) is 17.8. The van der Waals surface area contributed by atoms with Gasteiger partial charge in [-0.15, -0.1) is 0 Å². The average molecular weight is 341 g/mol. The standard InChI is InChI=1S/C19H27N5O/c1-14(18-6-9-21-23(18)2)22-17-5-3-4-15(12-17)13-24-10-7-16(8-11-24)19(20)25/h3-6,9,12,14,16,22H,7-8,10-11,13H2,1-2H3,(H2,20,25). The first-order valence-electron chi connectivity index (χ1n) is 8.88. The van der Waals surface area contributed by atoms with Crippen LogP contribution in [0.3, 0.4) is 0 Å². The Morgan fingerprint density at radius 2 is 2.12 bits per heavy atom. The first kappa shape index (κ1) is 17.5. The Morgan fingerprint density at radius 3 is 2.76 bits per heavy atom. The van der Waals surface area contributed by atoms with E-state index in [0.717, 1.165) is 43.9 Å². The molecular weight excluding hydrogens is 314 g/mol. The third-order valence-corrected chi connectivity index (χ3v) is 5.01. The lowest BCUT2D eigenvalue weighted by molar-refractivity contribution is -0.123. The van der Waals surface area contributed by atoms with Crippen molar-refractivity contribution in [2.75, 3.05) is 18.4 Å². The van der Waals surface area contributed by atoms with Crippen molar-refractivity contribution >= 4 is 11.6 Å². The van der Waals surface area contributed by atoms with Crippen LogP contribution in [0.15, 0.2) is 36.5 Å². The van der Waals surface area contributed by atoms with E-state index in [2.05, 4.69) is 46.5 Å². The van der Waals surface area contributed by atoms with Crippen molar-refractivity contribution in [2.45, 2.75) is 32.4 Å². The molecule has 1 aromatic heterocycles. The molecule has 134 valence electrons. The molecule has 0 bridgehead atoms. The molecule has 1 saturated heterocycles. The Kier molecular flexibility index (Phi) is 5.38. The van der Waals surface area contributed by atoms with Crippen molar-refractivity contribution in [3.05, 3.63) is 47.8 Å². The molecule has 0 spiro atoms. The number of carbonyl (C=O) groups excluding carboxylic acids is 1. The van der Waals surface area contributed by atoms with Crippen molar-refractivity contribution < 1.29 is 4.79 Å². The number of nitrogens with two attached hydrogens (primary N) is 1. The van der Waals surface area contributed by atoms with Crippen LogP contribution < -0.4 is 11.1 Å². The minimum Gasteiger partial charge on any atom is -0.377 e. The third kappa shape index (κ3) is 4.39. The zero-order valence-electron chi connectivity index (χ0n) is 15.0. The van der Waals surface area contributed by atoms with Gasteiger partial charge in [-0.2, -0.15) is 5.10 Å². The molecule has 6 heteroatoms. The number of benzene rings is 1. The van der Waals surface area contributed by atoms with E-state index in [-0.39, 0.29) is 17.9 Å². The third-order valence-electron chi connectivity index (χ3n) is 5.01. The number of primary amides is 1. The summed E-state index contributed by atoms with van der Waals surface area (Å²) in [7, 11) is 1.96. The molecule has 6 nitrogen and oxygen atoms in total. The molecule has 1 atom stereocenters. The van der Waals surface area contributed by atoms with Gasteiger partial charge in [-0.1, -0.05) is 12.1 Å². The first-order valence-corrected chi connectivity index (χ1v) is 8.88. The lowest BCUT2D eigenvalue weighted by atomic mass is 9.96. The van der Waals surface area contributed by atoms with E-state index in [1.165, 1.54) is 5.56 Å². The minimum absolute atomic E-state index is 0.0454. The molecule has 1 aliphatic rings. The Hall–Kier alpha value is -2.34. The zero-order valence-corrected chi connectivity index (χ0v) is 15.0. The molecule has 1 fully saturated rings. The predicted molar refractivity (Wildman–Crippen MR) is 98.9 cm³/mol. The lowest BCUT2D eigenvalue weighted by Crippen LogP contribution is -2.38. The Morgan fingerprint density at radius 1 is 1.36 bits per heavy atom. The number of nitrogens with one attached hydrogen (secondary N) is 1. The van der Waals surface area contributed by atoms with Gasteiger partial charge in [0.15, 0.2) is 0 Å². The highest BCUT2D eigenvalue weighted by Gasteiger charge is 2.23. The van der Waals surface area contributed by atoms with Gasteiger partial charge in [0, 0.05) is 31.4 Å². The second kappa shape index (κ2) is 7.70. The second-order valence-corrected chi connectivity index (χ2v) is 6.90. The molecule has 25 heavy (non-hydrogen) atoms. The van der Waals surface area contributed by atoms with Gasteiger partial charge in [0.25, 0.3) is 0 Å². The quantitative estimate of drug-likeness (QED) is 0.845. The molecule has 0 saturated carbocycles. The summed E-state index contributed by atoms with van der Waals surface area (Å²) in [6, 6.07) is 10.8. The summed E-state index contributed by atoms with van der Waals surface area (Å²) in [5.74, 6) is -0.112. The topological polar surface area (TPSA) is 76.2 Å². The Bertz CT molecular complexity index is 718. The Labute approximate surface area is 149 Å². The van der Waals surface area contributed by atoms with Gasteiger partial charge in [-0.05, 0) is 56.6 Å². The smallest absolute Gasteiger partial charge is 0.220 e. The van der Waals surface area contributed by atoms with Gasteiger partial charge in [0.1, 0.15) is 0 Å². The van der Waals surface area contributed by atoms with Gasteiger partial charge in [-0.25, -0.2) is 0 Å². The van der Waals surface area contributed by atoms with Crippen molar-refractivity contribution in [3.63, 3.8) is 0 Å². The number of aromatic nitrogens is 2. The normalized spacial score (nSPS) is 17.4. The number of piperidine rings is 1. The van der Waals surface area contributed by atoms with E-state index in [9.17, 15) is 4.79 Å². The molecule has 0 radical (unpaired) electrons. The number of hydrogen-bond acceptors (Lipinski definition) is 4. The number of likely N-dealkylation sites (tertiary alicyclic amines) is 1. The molecule has 1 aromatic carbocycles. The number of rotatable bonds is 6. The summed E-state index contributed by atoms with van der Waals surface area (Å²) < 4.78 is 1.89.